The Balaban J connectivity index is 1.64. The molecule has 0 radical (unpaired) electrons. The molecular formula is C20H13BrCl2N2O2. The van der Waals surface area contributed by atoms with Crippen molar-refractivity contribution in [3.05, 3.63) is 86.2 Å². The summed E-state index contributed by atoms with van der Waals surface area (Å²) in [5.74, 6) is 1.59. The minimum absolute atomic E-state index is 0.0306. The van der Waals surface area contributed by atoms with E-state index in [1.807, 2.05) is 41.4 Å². The number of ether oxygens (including phenoxy) is 1. The Labute approximate surface area is 174 Å². The van der Waals surface area contributed by atoms with Crippen molar-refractivity contribution in [2.45, 2.75) is 18.7 Å². The van der Waals surface area contributed by atoms with Gasteiger partial charge >= 0.3 is 0 Å². The highest BCUT2D eigenvalue weighted by Crippen LogP contribution is 2.49. The number of hydrogen-bond donors (Lipinski definition) is 0. The van der Waals surface area contributed by atoms with Crippen LogP contribution in [0.4, 0.5) is 0 Å². The van der Waals surface area contributed by atoms with Crippen molar-refractivity contribution >= 4 is 44.8 Å². The third kappa shape index (κ3) is 2.94. The standard InChI is InChI=1S/C20H13BrCl2N2O2/c21-11-3-6-18-14(8-11)17-10-16(19-2-1-7-26-19)24-25(17)20(27-18)13-5-4-12(22)9-15(13)23/h1-9,17,20H,10H2/t17-,20-/m0/s1. The van der Waals surface area contributed by atoms with Crippen molar-refractivity contribution in [3.63, 3.8) is 0 Å². The number of benzene rings is 2. The maximum atomic E-state index is 6.48. The summed E-state index contributed by atoms with van der Waals surface area (Å²) >= 11 is 16.1. The van der Waals surface area contributed by atoms with Gasteiger partial charge in [-0.05, 0) is 42.5 Å². The number of furan rings is 1. The molecule has 2 atom stereocenters. The molecule has 2 aliphatic rings. The molecule has 5 rings (SSSR count). The Kier molecular flexibility index (Phi) is 4.19. The fourth-order valence-electron chi connectivity index (χ4n) is 3.56. The van der Waals surface area contributed by atoms with Crippen molar-refractivity contribution < 1.29 is 9.15 Å². The normalized spacial score (nSPS) is 20.7. The molecule has 7 heteroatoms. The molecule has 0 saturated carbocycles. The molecule has 1 aromatic heterocycles. The predicted octanol–water partition coefficient (Wildman–Crippen LogP) is 6.59. The first-order valence-corrected chi connectivity index (χ1v) is 9.96. The highest BCUT2D eigenvalue weighted by molar-refractivity contribution is 9.10. The van der Waals surface area contributed by atoms with Gasteiger partial charge in [-0.3, -0.25) is 0 Å². The van der Waals surface area contributed by atoms with E-state index in [1.54, 1.807) is 12.3 Å². The second kappa shape index (κ2) is 6.59. The van der Waals surface area contributed by atoms with Crippen LogP contribution in [0.5, 0.6) is 5.75 Å². The van der Waals surface area contributed by atoms with E-state index in [9.17, 15) is 0 Å². The Morgan fingerprint density at radius 1 is 1.07 bits per heavy atom. The number of fused-ring (bicyclic) bond motifs is 3. The zero-order valence-corrected chi connectivity index (χ0v) is 17.0. The van der Waals surface area contributed by atoms with Gasteiger partial charge in [-0.2, -0.15) is 5.10 Å². The Hall–Kier alpha value is -1.95. The van der Waals surface area contributed by atoms with Gasteiger partial charge in [0.15, 0.2) is 0 Å². The van der Waals surface area contributed by atoms with Crippen LogP contribution in [0.15, 0.2) is 68.8 Å². The van der Waals surface area contributed by atoms with Crippen LogP contribution in [0.3, 0.4) is 0 Å². The number of rotatable bonds is 2. The molecule has 3 heterocycles. The van der Waals surface area contributed by atoms with Gasteiger partial charge in [0.25, 0.3) is 0 Å². The molecule has 0 saturated heterocycles. The molecular weight excluding hydrogens is 451 g/mol. The van der Waals surface area contributed by atoms with Gasteiger partial charge in [0.2, 0.25) is 6.23 Å². The van der Waals surface area contributed by atoms with E-state index < -0.39 is 6.23 Å². The van der Waals surface area contributed by atoms with Crippen molar-refractivity contribution in [3.8, 4) is 5.75 Å². The van der Waals surface area contributed by atoms with Crippen LogP contribution in [-0.2, 0) is 0 Å². The summed E-state index contributed by atoms with van der Waals surface area (Å²) in [7, 11) is 0. The zero-order chi connectivity index (χ0) is 18.5. The second-order valence-corrected chi connectivity index (χ2v) is 8.20. The van der Waals surface area contributed by atoms with Gasteiger partial charge in [0, 0.05) is 27.0 Å². The van der Waals surface area contributed by atoms with Crippen molar-refractivity contribution in [1.29, 1.82) is 0 Å². The second-order valence-electron chi connectivity index (χ2n) is 6.44. The Morgan fingerprint density at radius 2 is 1.96 bits per heavy atom. The SMILES string of the molecule is Clc1ccc([C@@H]2Oc3ccc(Br)cc3[C@@H]3CC(c4ccco4)=NN32)c(Cl)c1. The summed E-state index contributed by atoms with van der Waals surface area (Å²) in [6, 6.07) is 15.3. The first-order chi connectivity index (χ1) is 13.1. The topological polar surface area (TPSA) is 38.0 Å². The lowest BCUT2D eigenvalue weighted by atomic mass is 9.97. The lowest BCUT2D eigenvalue weighted by Crippen LogP contribution is -2.33. The molecule has 0 unspecified atom stereocenters. The maximum absolute atomic E-state index is 6.48. The van der Waals surface area contributed by atoms with Gasteiger partial charge in [-0.1, -0.05) is 45.2 Å². The molecule has 0 amide bonds. The average Bonchev–Trinajstić information content (AvgIpc) is 3.31. The molecule has 4 nitrogen and oxygen atoms in total. The molecule has 27 heavy (non-hydrogen) atoms. The van der Waals surface area contributed by atoms with Crippen LogP contribution in [0.25, 0.3) is 0 Å². The highest BCUT2D eigenvalue weighted by atomic mass is 79.9. The molecule has 0 spiro atoms. The van der Waals surface area contributed by atoms with E-state index in [0.29, 0.717) is 10.0 Å². The number of hydrogen-bond acceptors (Lipinski definition) is 4. The molecule has 3 aromatic rings. The fourth-order valence-corrected chi connectivity index (χ4v) is 4.44. The minimum Gasteiger partial charge on any atom is -0.464 e. The van der Waals surface area contributed by atoms with Crippen LogP contribution >= 0.6 is 39.1 Å². The van der Waals surface area contributed by atoms with Crippen molar-refractivity contribution in [2.24, 2.45) is 5.10 Å². The third-order valence-electron chi connectivity index (χ3n) is 4.79. The summed E-state index contributed by atoms with van der Waals surface area (Å²) in [6.45, 7) is 0. The zero-order valence-electron chi connectivity index (χ0n) is 13.9. The monoisotopic (exact) mass is 462 g/mol. The van der Waals surface area contributed by atoms with Crippen molar-refractivity contribution in [2.75, 3.05) is 0 Å². The lowest BCUT2D eigenvalue weighted by molar-refractivity contribution is -0.0190. The minimum atomic E-state index is -0.444. The first-order valence-electron chi connectivity index (χ1n) is 8.41. The van der Waals surface area contributed by atoms with Crippen molar-refractivity contribution in [1.82, 2.24) is 5.01 Å². The molecule has 136 valence electrons. The largest absolute Gasteiger partial charge is 0.464 e. The van der Waals surface area contributed by atoms with Gasteiger partial charge in [-0.25, -0.2) is 5.01 Å². The summed E-state index contributed by atoms with van der Waals surface area (Å²) in [6.07, 6.45) is 1.94. The smallest absolute Gasteiger partial charge is 0.215 e. The number of hydrazone groups is 1. The van der Waals surface area contributed by atoms with E-state index in [2.05, 4.69) is 22.0 Å². The van der Waals surface area contributed by atoms with Crippen LogP contribution in [0.2, 0.25) is 10.0 Å². The van der Waals surface area contributed by atoms with E-state index >= 15 is 0 Å². The van der Waals surface area contributed by atoms with E-state index in [0.717, 1.165) is 39.2 Å². The molecule has 2 aliphatic heterocycles. The molecule has 0 fully saturated rings. The van der Waals surface area contributed by atoms with E-state index in [1.165, 1.54) is 0 Å². The van der Waals surface area contributed by atoms with Crippen LogP contribution < -0.4 is 4.74 Å². The molecule has 0 bridgehead atoms. The summed E-state index contributed by atoms with van der Waals surface area (Å²) in [5, 5.41) is 7.92. The number of nitrogens with zero attached hydrogens (tertiary/aromatic N) is 2. The quantitative estimate of drug-likeness (QED) is 0.430. The molecule has 0 aliphatic carbocycles. The fraction of sp³-hybridized carbons (Fsp3) is 0.150. The summed E-state index contributed by atoms with van der Waals surface area (Å²) in [5.41, 5.74) is 2.79. The van der Waals surface area contributed by atoms with Crippen LogP contribution in [0, 0.1) is 0 Å². The van der Waals surface area contributed by atoms with Gasteiger partial charge in [0.05, 0.1) is 17.3 Å². The lowest BCUT2D eigenvalue weighted by Gasteiger charge is -2.38. The molecule has 2 aromatic carbocycles. The van der Waals surface area contributed by atoms with Crippen LogP contribution in [-0.4, -0.2) is 10.7 Å². The van der Waals surface area contributed by atoms with Crippen LogP contribution in [0.1, 0.15) is 35.6 Å². The highest BCUT2D eigenvalue weighted by Gasteiger charge is 2.42. The van der Waals surface area contributed by atoms with Gasteiger partial charge < -0.3 is 9.15 Å². The third-order valence-corrected chi connectivity index (χ3v) is 5.84. The summed E-state index contributed by atoms with van der Waals surface area (Å²) in [4.78, 5) is 0. The average molecular weight is 464 g/mol. The van der Waals surface area contributed by atoms with E-state index in [4.69, 9.17) is 37.5 Å². The Morgan fingerprint density at radius 3 is 2.74 bits per heavy atom. The summed E-state index contributed by atoms with van der Waals surface area (Å²) < 4.78 is 12.9. The maximum Gasteiger partial charge on any atom is 0.215 e. The Bertz CT molecular complexity index is 1050. The van der Waals surface area contributed by atoms with Gasteiger partial charge in [0.1, 0.15) is 17.2 Å². The predicted molar refractivity (Wildman–Crippen MR) is 108 cm³/mol. The first kappa shape index (κ1) is 17.2. The van der Waals surface area contributed by atoms with Gasteiger partial charge in [-0.15, -0.1) is 0 Å². The molecule has 0 N–H and O–H groups in total. The van der Waals surface area contributed by atoms with E-state index in [-0.39, 0.29) is 6.04 Å². The number of halogens is 3.